The van der Waals surface area contributed by atoms with E-state index in [9.17, 15) is 0 Å². The number of hydrogen-bond acceptors (Lipinski definition) is 5. The average molecular weight is 312 g/mol. The summed E-state index contributed by atoms with van der Waals surface area (Å²) in [5.74, 6) is 1.89. The lowest BCUT2D eigenvalue weighted by Crippen LogP contribution is -2.44. The molecule has 2 heterocycles. The molecular formula is C15H25N3S2. The molecule has 3 nitrogen and oxygen atoms in total. The normalized spacial score (nSPS) is 28.2. The predicted molar refractivity (Wildman–Crippen MR) is 92.6 cm³/mol. The van der Waals surface area contributed by atoms with Gasteiger partial charge in [-0.05, 0) is 24.6 Å². The molecular weight excluding hydrogens is 286 g/mol. The van der Waals surface area contributed by atoms with Gasteiger partial charge in [-0.2, -0.15) is 23.5 Å². The Hall–Kier alpha value is -0.390. The van der Waals surface area contributed by atoms with Gasteiger partial charge in [0, 0.05) is 33.7 Å². The molecule has 112 valence electrons. The van der Waals surface area contributed by atoms with E-state index in [4.69, 9.17) is 5.73 Å². The van der Waals surface area contributed by atoms with Crippen molar-refractivity contribution in [3.8, 4) is 0 Å². The number of thioether (sulfide) groups is 2. The first-order chi connectivity index (χ1) is 9.61. The molecule has 0 bridgehead atoms. The van der Waals surface area contributed by atoms with E-state index in [-0.39, 0.29) is 0 Å². The Labute approximate surface area is 130 Å². The van der Waals surface area contributed by atoms with Crippen LogP contribution in [0.2, 0.25) is 0 Å². The highest BCUT2D eigenvalue weighted by Crippen LogP contribution is 2.37. The standard InChI is InChI=1S/C15H25N3S2/c1-4-17-13(8-12-6-5-7-18-15(12)16)14-9-19-10(2)11(3)20-14/h5-7,10-11,13-14,17H,4,8-9H2,1-3H3,(H2,16,18). The van der Waals surface area contributed by atoms with Crippen LogP contribution in [0.3, 0.4) is 0 Å². The Balaban J connectivity index is 2.05. The molecule has 0 aromatic carbocycles. The van der Waals surface area contributed by atoms with Crippen molar-refractivity contribution >= 4 is 29.3 Å². The van der Waals surface area contributed by atoms with Crippen LogP contribution in [0.5, 0.6) is 0 Å². The molecule has 0 amide bonds. The van der Waals surface area contributed by atoms with E-state index >= 15 is 0 Å². The van der Waals surface area contributed by atoms with Gasteiger partial charge in [-0.15, -0.1) is 0 Å². The number of anilines is 1. The number of hydrogen-bond donors (Lipinski definition) is 2. The van der Waals surface area contributed by atoms with Crippen molar-refractivity contribution in [3.63, 3.8) is 0 Å². The first kappa shape index (κ1) is 16.0. The summed E-state index contributed by atoms with van der Waals surface area (Å²) in [5.41, 5.74) is 7.16. The minimum atomic E-state index is 0.471. The lowest BCUT2D eigenvalue weighted by atomic mass is 10.0. The molecule has 1 aromatic rings. The maximum atomic E-state index is 5.99. The molecule has 0 aliphatic carbocycles. The molecule has 4 unspecified atom stereocenters. The van der Waals surface area contributed by atoms with Crippen LogP contribution >= 0.6 is 23.5 Å². The van der Waals surface area contributed by atoms with Crippen molar-refractivity contribution in [3.05, 3.63) is 23.9 Å². The zero-order chi connectivity index (χ0) is 14.5. The monoisotopic (exact) mass is 311 g/mol. The number of nitrogens with zero attached hydrogens (tertiary/aromatic N) is 1. The first-order valence-electron chi connectivity index (χ1n) is 7.31. The number of rotatable bonds is 5. The number of nitrogens with one attached hydrogen (secondary N) is 1. The second-order valence-electron chi connectivity index (χ2n) is 5.33. The third kappa shape index (κ3) is 4.06. The van der Waals surface area contributed by atoms with Crippen LogP contribution in [0.4, 0.5) is 5.82 Å². The largest absolute Gasteiger partial charge is 0.383 e. The van der Waals surface area contributed by atoms with Gasteiger partial charge in [0.2, 0.25) is 0 Å². The number of nitrogens with two attached hydrogens (primary N) is 1. The maximum absolute atomic E-state index is 5.99. The van der Waals surface area contributed by atoms with Crippen LogP contribution < -0.4 is 11.1 Å². The van der Waals surface area contributed by atoms with E-state index in [1.165, 1.54) is 5.75 Å². The molecule has 2 rings (SSSR count). The van der Waals surface area contributed by atoms with Gasteiger partial charge < -0.3 is 11.1 Å². The summed E-state index contributed by atoms with van der Waals surface area (Å²) in [6, 6.07) is 4.54. The number of aromatic nitrogens is 1. The van der Waals surface area contributed by atoms with Crippen molar-refractivity contribution in [1.82, 2.24) is 10.3 Å². The van der Waals surface area contributed by atoms with Gasteiger partial charge in [0.15, 0.2) is 0 Å². The molecule has 1 aliphatic rings. The van der Waals surface area contributed by atoms with Crippen LogP contribution in [0.15, 0.2) is 18.3 Å². The van der Waals surface area contributed by atoms with Crippen molar-refractivity contribution in [2.45, 2.75) is 49.0 Å². The Kier molecular flexibility index (Phi) is 6.05. The van der Waals surface area contributed by atoms with Gasteiger partial charge in [0.1, 0.15) is 5.82 Å². The second-order valence-corrected chi connectivity index (χ2v) is 8.37. The Morgan fingerprint density at radius 1 is 1.45 bits per heavy atom. The van der Waals surface area contributed by atoms with Gasteiger partial charge in [-0.1, -0.05) is 26.8 Å². The smallest absolute Gasteiger partial charge is 0.126 e. The number of nitrogen functional groups attached to an aromatic ring is 1. The summed E-state index contributed by atoms with van der Waals surface area (Å²) in [4.78, 5) is 4.20. The first-order valence-corrected chi connectivity index (χ1v) is 9.30. The predicted octanol–water partition coefficient (Wildman–Crippen LogP) is 2.81. The van der Waals surface area contributed by atoms with Gasteiger partial charge in [-0.25, -0.2) is 4.98 Å². The zero-order valence-electron chi connectivity index (χ0n) is 12.5. The SMILES string of the molecule is CCNC(Cc1cccnc1N)C1CSC(C)C(C)S1. The van der Waals surface area contributed by atoms with Gasteiger partial charge in [0.05, 0.1) is 0 Å². The second kappa shape index (κ2) is 7.57. The summed E-state index contributed by atoms with van der Waals surface area (Å²) in [7, 11) is 0. The van der Waals surface area contributed by atoms with Crippen LogP contribution in [-0.4, -0.2) is 39.1 Å². The topological polar surface area (TPSA) is 50.9 Å². The fraction of sp³-hybridized carbons (Fsp3) is 0.667. The quantitative estimate of drug-likeness (QED) is 0.876. The van der Waals surface area contributed by atoms with Crippen molar-refractivity contribution < 1.29 is 0 Å². The maximum Gasteiger partial charge on any atom is 0.126 e. The van der Waals surface area contributed by atoms with Gasteiger partial charge in [-0.3, -0.25) is 0 Å². The summed E-state index contributed by atoms with van der Waals surface area (Å²) >= 11 is 4.22. The molecule has 20 heavy (non-hydrogen) atoms. The van der Waals surface area contributed by atoms with Gasteiger partial charge >= 0.3 is 0 Å². The van der Waals surface area contributed by atoms with E-state index in [1.807, 2.05) is 6.07 Å². The van der Waals surface area contributed by atoms with E-state index in [1.54, 1.807) is 6.20 Å². The van der Waals surface area contributed by atoms with Crippen LogP contribution in [0, 0.1) is 0 Å². The van der Waals surface area contributed by atoms with E-state index in [2.05, 4.69) is 60.7 Å². The molecule has 4 atom stereocenters. The molecule has 1 saturated heterocycles. The molecule has 1 aromatic heterocycles. The molecule has 0 saturated carbocycles. The number of likely N-dealkylation sites (N-methyl/N-ethyl adjacent to an activating group) is 1. The Morgan fingerprint density at radius 3 is 2.90 bits per heavy atom. The molecule has 5 heteroatoms. The summed E-state index contributed by atoms with van der Waals surface area (Å²) in [6.07, 6.45) is 2.73. The van der Waals surface area contributed by atoms with Gasteiger partial charge in [0.25, 0.3) is 0 Å². The van der Waals surface area contributed by atoms with E-state index in [0.717, 1.165) is 23.8 Å². The highest BCUT2D eigenvalue weighted by Gasteiger charge is 2.31. The summed E-state index contributed by atoms with van der Waals surface area (Å²) < 4.78 is 0. The molecule has 0 spiro atoms. The molecule has 1 fully saturated rings. The van der Waals surface area contributed by atoms with E-state index in [0.29, 0.717) is 22.4 Å². The highest BCUT2D eigenvalue weighted by atomic mass is 32.2. The van der Waals surface area contributed by atoms with E-state index < -0.39 is 0 Å². The van der Waals surface area contributed by atoms with Crippen LogP contribution in [-0.2, 0) is 6.42 Å². The third-order valence-corrected chi connectivity index (χ3v) is 7.41. The Morgan fingerprint density at radius 2 is 2.25 bits per heavy atom. The van der Waals surface area contributed by atoms with Crippen molar-refractivity contribution in [2.24, 2.45) is 0 Å². The zero-order valence-corrected chi connectivity index (χ0v) is 14.1. The summed E-state index contributed by atoms with van der Waals surface area (Å²) in [6.45, 7) is 7.85. The fourth-order valence-corrected chi connectivity index (χ4v) is 5.61. The highest BCUT2D eigenvalue weighted by molar-refractivity contribution is 8.07. The Bertz CT molecular complexity index is 427. The van der Waals surface area contributed by atoms with Crippen LogP contribution in [0.1, 0.15) is 26.3 Å². The molecule has 1 aliphatic heterocycles. The minimum absolute atomic E-state index is 0.471. The lowest BCUT2D eigenvalue weighted by molar-refractivity contribution is 0.520. The summed E-state index contributed by atoms with van der Waals surface area (Å²) in [5, 5.41) is 5.76. The molecule has 0 radical (unpaired) electrons. The average Bonchev–Trinajstić information content (AvgIpc) is 2.44. The minimum Gasteiger partial charge on any atom is -0.383 e. The van der Waals surface area contributed by atoms with Crippen molar-refractivity contribution in [2.75, 3.05) is 18.0 Å². The fourth-order valence-electron chi connectivity index (χ4n) is 2.48. The van der Waals surface area contributed by atoms with Crippen molar-refractivity contribution in [1.29, 1.82) is 0 Å². The van der Waals surface area contributed by atoms with Crippen LogP contribution in [0.25, 0.3) is 0 Å². The lowest BCUT2D eigenvalue weighted by Gasteiger charge is -2.36. The third-order valence-electron chi connectivity index (χ3n) is 3.85. The molecule has 3 N–H and O–H groups in total. The number of pyridine rings is 1.